The summed E-state index contributed by atoms with van der Waals surface area (Å²) in [5.41, 5.74) is 0.433. The van der Waals surface area contributed by atoms with E-state index < -0.39 is 0 Å². The second kappa shape index (κ2) is 8.62. The van der Waals surface area contributed by atoms with Gasteiger partial charge in [-0.1, -0.05) is 11.6 Å². The van der Waals surface area contributed by atoms with E-state index in [0.29, 0.717) is 29.4 Å². The highest BCUT2D eigenvalue weighted by Crippen LogP contribution is 2.19. The number of thioether (sulfide) groups is 1. The summed E-state index contributed by atoms with van der Waals surface area (Å²) in [4.78, 5) is 14.9. The number of pyridine rings is 1. The van der Waals surface area contributed by atoms with Gasteiger partial charge in [-0.15, -0.1) is 0 Å². The van der Waals surface area contributed by atoms with Gasteiger partial charge in [-0.25, -0.2) is 4.98 Å². The number of rotatable bonds is 7. The Kier molecular flexibility index (Phi) is 7.08. The van der Waals surface area contributed by atoms with Crippen LogP contribution in [0.4, 0.5) is 5.82 Å². The topological polar surface area (TPSA) is 75.0 Å². The molecule has 1 aromatic rings. The molecule has 0 unspecified atom stereocenters. The molecule has 0 fully saturated rings. The lowest BCUT2D eigenvalue weighted by Gasteiger charge is -2.07. The minimum absolute atomic E-state index is 0.197. The molecular weight excluding hydrogens is 286 g/mol. The van der Waals surface area contributed by atoms with Gasteiger partial charge in [-0.05, 0) is 6.07 Å². The maximum Gasteiger partial charge on any atom is 0.306 e. The first-order chi connectivity index (χ1) is 9.17. The predicted molar refractivity (Wildman–Crippen MR) is 76.4 cm³/mol. The average molecular weight is 300 g/mol. The summed E-state index contributed by atoms with van der Waals surface area (Å²) in [5, 5.41) is 12.2. The van der Waals surface area contributed by atoms with Gasteiger partial charge < -0.3 is 10.1 Å². The van der Waals surface area contributed by atoms with Gasteiger partial charge in [0, 0.05) is 24.2 Å². The van der Waals surface area contributed by atoms with Crippen molar-refractivity contribution in [2.75, 3.05) is 30.5 Å². The van der Waals surface area contributed by atoms with Crippen LogP contribution in [0.2, 0.25) is 5.02 Å². The molecule has 0 aliphatic rings. The number of esters is 1. The van der Waals surface area contributed by atoms with Gasteiger partial charge in [0.15, 0.2) is 0 Å². The van der Waals surface area contributed by atoms with E-state index in [1.165, 1.54) is 13.3 Å². The molecule has 1 N–H and O–H groups in total. The molecule has 0 aliphatic heterocycles. The zero-order chi connectivity index (χ0) is 14.1. The van der Waals surface area contributed by atoms with Crippen LogP contribution in [-0.2, 0) is 9.53 Å². The van der Waals surface area contributed by atoms with Crippen molar-refractivity contribution in [1.29, 1.82) is 5.26 Å². The van der Waals surface area contributed by atoms with Crippen LogP contribution >= 0.6 is 23.4 Å². The minimum atomic E-state index is -0.197. The molecule has 0 bridgehead atoms. The average Bonchev–Trinajstić information content (AvgIpc) is 2.43. The largest absolute Gasteiger partial charge is 0.469 e. The number of aromatic nitrogens is 1. The summed E-state index contributed by atoms with van der Waals surface area (Å²) in [6.07, 6.45) is 1.88. The van der Waals surface area contributed by atoms with Crippen LogP contribution in [0.3, 0.4) is 0 Å². The van der Waals surface area contributed by atoms with E-state index in [-0.39, 0.29) is 5.97 Å². The lowest BCUT2D eigenvalue weighted by atomic mass is 10.3. The molecule has 5 nitrogen and oxygen atoms in total. The number of nitrogens with zero attached hydrogens (tertiary/aromatic N) is 2. The third-order valence-electron chi connectivity index (χ3n) is 2.19. The van der Waals surface area contributed by atoms with Crippen LogP contribution in [0.1, 0.15) is 12.0 Å². The molecule has 0 aromatic carbocycles. The van der Waals surface area contributed by atoms with Crippen LogP contribution in [0.25, 0.3) is 0 Å². The van der Waals surface area contributed by atoms with E-state index in [9.17, 15) is 4.79 Å². The maximum absolute atomic E-state index is 10.9. The first-order valence-corrected chi connectivity index (χ1v) is 7.14. The lowest BCUT2D eigenvalue weighted by molar-refractivity contribution is -0.140. The second-order valence-corrected chi connectivity index (χ2v) is 5.16. The number of nitrogens with one attached hydrogen (secondary N) is 1. The molecule has 0 saturated heterocycles. The first-order valence-electron chi connectivity index (χ1n) is 5.61. The van der Waals surface area contributed by atoms with Gasteiger partial charge in [-0.3, -0.25) is 4.79 Å². The number of nitriles is 1. The zero-order valence-corrected chi connectivity index (χ0v) is 12.1. The van der Waals surface area contributed by atoms with Gasteiger partial charge in [0.05, 0.1) is 24.1 Å². The maximum atomic E-state index is 10.9. The lowest BCUT2D eigenvalue weighted by Crippen LogP contribution is -2.08. The summed E-state index contributed by atoms with van der Waals surface area (Å²) in [6.45, 7) is 0.685. The van der Waals surface area contributed by atoms with Gasteiger partial charge in [0.25, 0.3) is 0 Å². The highest BCUT2D eigenvalue weighted by Gasteiger charge is 2.03. The van der Waals surface area contributed by atoms with Crippen molar-refractivity contribution in [1.82, 2.24) is 4.98 Å². The van der Waals surface area contributed by atoms with Crippen molar-refractivity contribution in [2.24, 2.45) is 0 Å². The van der Waals surface area contributed by atoms with Gasteiger partial charge in [-0.2, -0.15) is 17.0 Å². The van der Waals surface area contributed by atoms with Crippen LogP contribution in [0.5, 0.6) is 0 Å². The first kappa shape index (κ1) is 15.6. The fourth-order valence-corrected chi connectivity index (χ4v) is 2.23. The molecular formula is C12H14ClN3O2S. The van der Waals surface area contributed by atoms with Crippen molar-refractivity contribution in [3.05, 3.63) is 22.8 Å². The number of ether oxygens (including phenoxy) is 1. The number of halogens is 1. The standard InChI is InChI=1S/C12H14ClN3O2S/c1-18-11(17)2-4-19-5-3-15-12-10(13)6-9(7-14)8-16-12/h6,8H,2-5H2,1H3,(H,15,16). The predicted octanol–water partition coefficient (Wildman–Crippen LogP) is 2.31. The summed E-state index contributed by atoms with van der Waals surface area (Å²) in [7, 11) is 1.38. The molecule has 0 aliphatic carbocycles. The Labute approximate surface area is 121 Å². The fraction of sp³-hybridized carbons (Fsp3) is 0.417. The molecule has 1 heterocycles. The molecule has 102 valence electrons. The summed E-state index contributed by atoms with van der Waals surface area (Å²) < 4.78 is 4.54. The van der Waals surface area contributed by atoms with Crippen molar-refractivity contribution >= 4 is 35.1 Å². The van der Waals surface area contributed by atoms with Crippen molar-refractivity contribution < 1.29 is 9.53 Å². The normalized spacial score (nSPS) is 9.74. The Morgan fingerprint density at radius 3 is 3.05 bits per heavy atom. The van der Waals surface area contributed by atoms with Crippen molar-refractivity contribution in [2.45, 2.75) is 6.42 Å². The van der Waals surface area contributed by atoms with Crippen LogP contribution in [0.15, 0.2) is 12.3 Å². The summed E-state index contributed by atoms with van der Waals surface area (Å²) >= 11 is 7.61. The monoisotopic (exact) mass is 299 g/mol. The molecule has 0 radical (unpaired) electrons. The number of hydrogen-bond donors (Lipinski definition) is 1. The van der Waals surface area contributed by atoms with Gasteiger partial charge in [0.1, 0.15) is 11.9 Å². The summed E-state index contributed by atoms with van der Waals surface area (Å²) in [6, 6.07) is 3.54. The van der Waals surface area contributed by atoms with E-state index in [2.05, 4.69) is 15.0 Å². The Morgan fingerprint density at radius 2 is 2.42 bits per heavy atom. The Morgan fingerprint density at radius 1 is 1.63 bits per heavy atom. The number of carbonyl (C=O) groups excluding carboxylic acids is 1. The highest BCUT2D eigenvalue weighted by atomic mass is 35.5. The van der Waals surface area contributed by atoms with Gasteiger partial charge >= 0.3 is 5.97 Å². The van der Waals surface area contributed by atoms with Crippen molar-refractivity contribution in [3.8, 4) is 6.07 Å². The van der Waals surface area contributed by atoms with E-state index in [1.807, 2.05) is 6.07 Å². The quantitative estimate of drug-likeness (QED) is 0.615. The molecule has 0 saturated carbocycles. The molecule has 0 spiro atoms. The van der Waals surface area contributed by atoms with E-state index >= 15 is 0 Å². The molecule has 1 aromatic heterocycles. The fourth-order valence-electron chi connectivity index (χ4n) is 1.23. The molecule has 0 amide bonds. The smallest absolute Gasteiger partial charge is 0.306 e. The Bertz CT molecular complexity index is 477. The third kappa shape index (κ3) is 5.81. The van der Waals surface area contributed by atoms with E-state index in [4.69, 9.17) is 16.9 Å². The number of hydrogen-bond acceptors (Lipinski definition) is 6. The number of carbonyl (C=O) groups is 1. The van der Waals surface area contributed by atoms with E-state index in [1.54, 1.807) is 17.8 Å². The number of methoxy groups -OCH3 is 1. The molecule has 7 heteroatoms. The van der Waals surface area contributed by atoms with Gasteiger partial charge in [0.2, 0.25) is 0 Å². The van der Waals surface area contributed by atoms with Crippen LogP contribution in [-0.4, -0.2) is 36.1 Å². The minimum Gasteiger partial charge on any atom is -0.469 e. The molecule has 19 heavy (non-hydrogen) atoms. The molecule has 1 rings (SSSR count). The SMILES string of the molecule is COC(=O)CCSCCNc1ncc(C#N)cc1Cl. The van der Waals surface area contributed by atoms with E-state index in [0.717, 1.165) is 11.5 Å². The Balaban J connectivity index is 2.23. The highest BCUT2D eigenvalue weighted by molar-refractivity contribution is 7.99. The number of anilines is 1. The summed E-state index contributed by atoms with van der Waals surface area (Å²) in [5.74, 6) is 1.92. The zero-order valence-electron chi connectivity index (χ0n) is 10.5. The second-order valence-electron chi connectivity index (χ2n) is 3.53. The van der Waals surface area contributed by atoms with Crippen LogP contribution < -0.4 is 5.32 Å². The third-order valence-corrected chi connectivity index (χ3v) is 3.46. The Hall–Kier alpha value is -1.45. The van der Waals surface area contributed by atoms with Crippen LogP contribution in [0, 0.1) is 11.3 Å². The molecule has 0 atom stereocenters. The van der Waals surface area contributed by atoms with Crippen molar-refractivity contribution in [3.63, 3.8) is 0 Å².